The Morgan fingerprint density at radius 3 is 2.71 bits per heavy atom. The molecule has 0 bridgehead atoms. The molecule has 1 unspecified atom stereocenters. The van der Waals surface area contributed by atoms with E-state index in [0.29, 0.717) is 11.5 Å². The minimum Gasteiger partial charge on any atom is -0.370 e. The molecule has 2 rings (SSSR count). The number of pyridine rings is 1. The van der Waals surface area contributed by atoms with Crippen LogP contribution in [-0.2, 0) is 0 Å². The molecule has 0 saturated heterocycles. The van der Waals surface area contributed by atoms with Gasteiger partial charge in [-0.15, -0.1) is 11.3 Å². The van der Waals surface area contributed by atoms with E-state index in [1.165, 1.54) is 0 Å². The van der Waals surface area contributed by atoms with Crippen LogP contribution in [0.3, 0.4) is 0 Å². The largest absolute Gasteiger partial charge is 0.370 e. The molecule has 0 aromatic carbocycles. The van der Waals surface area contributed by atoms with E-state index in [-0.39, 0.29) is 11.9 Å². The second-order valence-corrected chi connectivity index (χ2v) is 6.05. The van der Waals surface area contributed by atoms with Gasteiger partial charge in [0.05, 0.1) is 16.7 Å². The van der Waals surface area contributed by atoms with Gasteiger partial charge in [-0.3, -0.25) is 4.79 Å². The van der Waals surface area contributed by atoms with Crippen LogP contribution in [0.5, 0.6) is 0 Å². The highest BCUT2D eigenvalue weighted by molar-refractivity contribution is 7.11. The molecule has 2 N–H and O–H groups in total. The van der Waals surface area contributed by atoms with Crippen molar-refractivity contribution in [2.45, 2.75) is 33.7 Å². The molecule has 0 radical (unpaired) electrons. The third kappa shape index (κ3) is 3.78. The van der Waals surface area contributed by atoms with E-state index in [4.69, 9.17) is 0 Å². The summed E-state index contributed by atoms with van der Waals surface area (Å²) in [5.41, 5.74) is 1.39. The molecule has 112 valence electrons. The zero-order chi connectivity index (χ0) is 15.4. The van der Waals surface area contributed by atoms with Gasteiger partial charge in [-0.2, -0.15) is 0 Å². The third-order valence-electron chi connectivity index (χ3n) is 3.02. The first-order valence-corrected chi connectivity index (χ1v) is 7.78. The smallest absolute Gasteiger partial charge is 0.270 e. The number of thiazole rings is 1. The fourth-order valence-corrected chi connectivity index (χ4v) is 3.06. The van der Waals surface area contributed by atoms with Crippen molar-refractivity contribution in [3.05, 3.63) is 39.5 Å². The van der Waals surface area contributed by atoms with Crippen LogP contribution in [0.4, 0.5) is 5.82 Å². The number of carbonyl (C=O) groups is 1. The molecule has 1 atom stereocenters. The maximum absolute atomic E-state index is 12.3. The molecular formula is C15H20N4OS. The Bertz CT molecular complexity index is 638. The average Bonchev–Trinajstić information content (AvgIpc) is 2.78. The Kier molecular flexibility index (Phi) is 4.90. The van der Waals surface area contributed by atoms with Crippen LogP contribution < -0.4 is 10.6 Å². The Hall–Kier alpha value is -1.95. The van der Waals surface area contributed by atoms with Crippen LogP contribution in [0.1, 0.15) is 46.0 Å². The molecule has 0 aliphatic carbocycles. The van der Waals surface area contributed by atoms with Crippen molar-refractivity contribution in [3.63, 3.8) is 0 Å². The Balaban J connectivity index is 2.10. The number of carbonyl (C=O) groups excluding carboxylic acids is 1. The number of amides is 1. The molecule has 0 aliphatic heterocycles. The highest BCUT2D eigenvalue weighted by Crippen LogP contribution is 2.24. The van der Waals surface area contributed by atoms with E-state index in [9.17, 15) is 4.79 Å². The maximum Gasteiger partial charge on any atom is 0.270 e. The predicted octanol–water partition coefficient (Wildman–Crippen LogP) is 3.08. The molecule has 2 heterocycles. The number of hydrogen-bond donors (Lipinski definition) is 2. The van der Waals surface area contributed by atoms with E-state index < -0.39 is 0 Å². The molecule has 2 aromatic heterocycles. The standard InChI is InChI=1S/C15H20N4OS/c1-5-16-13-8-6-7-12(19-13)15(20)18-10(3)14-9(2)17-11(4)21-14/h6-8,10H,5H2,1-4H3,(H,16,19)(H,18,20). The van der Waals surface area contributed by atoms with Crippen LogP contribution in [0, 0.1) is 13.8 Å². The van der Waals surface area contributed by atoms with Gasteiger partial charge in [-0.05, 0) is 39.8 Å². The number of aromatic nitrogens is 2. The van der Waals surface area contributed by atoms with Gasteiger partial charge in [-0.1, -0.05) is 6.07 Å². The third-order valence-corrected chi connectivity index (χ3v) is 4.28. The zero-order valence-electron chi connectivity index (χ0n) is 12.7. The molecule has 6 heteroatoms. The highest BCUT2D eigenvalue weighted by atomic mass is 32.1. The second-order valence-electron chi connectivity index (χ2n) is 4.82. The van der Waals surface area contributed by atoms with Crippen LogP contribution in [0.25, 0.3) is 0 Å². The van der Waals surface area contributed by atoms with E-state index in [0.717, 1.165) is 22.1 Å². The van der Waals surface area contributed by atoms with Gasteiger partial charge in [-0.25, -0.2) is 9.97 Å². The van der Waals surface area contributed by atoms with Crippen molar-refractivity contribution in [1.82, 2.24) is 15.3 Å². The van der Waals surface area contributed by atoms with E-state index in [1.54, 1.807) is 17.4 Å². The Labute approximate surface area is 128 Å². The van der Waals surface area contributed by atoms with E-state index in [2.05, 4.69) is 20.6 Å². The summed E-state index contributed by atoms with van der Waals surface area (Å²) in [6.45, 7) is 8.66. The molecule has 0 spiro atoms. The van der Waals surface area contributed by atoms with Crippen molar-refractivity contribution >= 4 is 23.1 Å². The minimum atomic E-state index is -0.173. The molecule has 0 aliphatic rings. The summed E-state index contributed by atoms with van der Waals surface area (Å²) >= 11 is 1.61. The lowest BCUT2D eigenvalue weighted by molar-refractivity contribution is 0.0935. The van der Waals surface area contributed by atoms with Crippen LogP contribution in [0.2, 0.25) is 0 Å². The van der Waals surface area contributed by atoms with Gasteiger partial charge >= 0.3 is 0 Å². The molecule has 0 saturated carbocycles. The van der Waals surface area contributed by atoms with Crippen molar-refractivity contribution in [3.8, 4) is 0 Å². The lowest BCUT2D eigenvalue weighted by Gasteiger charge is -2.13. The maximum atomic E-state index is 12.3. The number of nitrogens with zero attached hydrogens (tertiary/aromatic N) is 2. The molecule has 2 aromatic rings. The van der Waals surface area contributed by atoms with Crippen molar-refractivity contribution < 1.29 is 4.79 Å². The number of aryl methyl sites for hydroxylation is 2. The summed E-state index contributed by atoms with van der Waals surface area (Å²) < 4.78 is 0. The summed E-state index contributed by atoms with van der Waals surface area (Å²) in [6.07, 6.45) is 0. The topological polar surface area (TPSA) is 66.9 Å². The number of anilines is 1. The van der Waals surface area contributed by atoms with Gasteiger partial charge in [0.15, 0.2) is 0 Å². The molecular weight excluding hydrogens is 284 g/mol. The van der Waals surface area contributed by atoms with Gasteiger partial charge in [0, 0.05) is 11.4 Å². The first-order valence-electron chi connectivity index (χ1n) is 6.97. The summed E-state index contributed by atoms with van der Waals surface area (Å²) in [4.78, 5) is 22.1. The number of nitrogens with one attached hydrogen (secondary N) is 2. The first-order chi connectivity index (χ1) is 10.0. The fourth-order valence-electron chi connectivity index (χ4n) is 2.13. The van der Waals surface area contributed by atoms with Crippen LogP contribution in [-0.4, -0.2) is 22.4 Å². The highest BCUT2D eigenvalue weighted by Gasteiger charge is 2.17. The summed E-state index contributed by atoms with van der Waals surface area (Å²) in [7, 11) is 0. The second kappa shape index (κ2) is 6.67. The molecule has 5 nitrogen and oxygen atoms in total. The summed E-state index contributed by atoms with van der Waals surface area (Å²) in [5.74, 6) is 0.537. The first kappa shape index (κ1) is 15.4. The van der Waals surface area contributed by atoms with Gasteiger partial charge in [0.25, 0.3) is 5.91 Å². The van der Waals surface area contributed by atoms with Crippen molar-refractivity contribution in [2.75, 3.05) is 11.9 Å². The Morgan fingerprint density at radius 1 is 1.33 bits per heavy atom. The molecule has 0 fully saturated rings. The zero-order valence-corrected chi connectivity index (χ0v) is 13.5. The lowest BCUT2D eigenvalue weighted by atomic mass is 10.2. The molecule has 21 heavy (non-hydrogen) atoms. The van der Waals surface area contributed by atoms with Gasteiger partial charge in [0.1, 0.15) is 11.5 Å². The van der Waals surface area contributed by atoms with E-state index >= 15 is 0 Å². The average molecular weight is 304 g/mol. The lowest BCUT2D eigenvalue weighted by Crippen LogP contribution is -2.27. The minimum absolute atomic E-state index is 0.0757. The Morgan fingerprint density at radius 2 is 2.10 bits per heavy atom. The van der Waals surface area contributed by atoms with Crippen LogP contribution >= 0.6 is 11.3 Å². The van der Waals surface area contributed by atoms with Crippen molar-refractivity contribution in [2.24, 2.45) is 0 Å². The number of hydrogen-bond acceptors (Lipinski definition) is 5. The SMILES string of the molecule is CCNc1cccc(C(=O)NC(C)c2sc(C)nc2C)n1. The van der Waals surface area contributed by atoms with E-state index in [1.807, 2.05) is 39.8 Å². The summed E-state index contributed by atoms with van der Waals surface area (Å²) in [6, 6.07) is 5.31. The normalized spacial score (nSPS) is 12.0. The fraction of sp³-hybridized carbons (Fsp3) is 0.400. The number of rotatable bonds is 5. The van der Waals surface area contributed by atoms with Gasteiger partial charge < -0.3 is 10.6 Å². The van der Waals surface area contributed by atoms with Gasteiger partial charge in [0.2, 0.25) is 0 Å². The quantitative estimate of drug-likeness (QED) is 0.891. The van der Waals surface area contributed by atoms with Crippen LogP contribution in [0.15, 0.2) is 18.2 Å². The predicted molar refractivity (Wildman–Crippen MR) is 85.9 cm³/mol. The summed E-state index contributed by atoms with van der Waals surface area (Å²) in [5, 5.41) is 7.09. The van der Waals surface area contributed by atoms with Crippen molar-refractivity contribution in [1.29, 1.82) is 0 Å². The molecule has 1 amide bonds. The monoisotopic (exact) mass is 304 g/mol.